The maximum atomic E-state index is 15.6. The molecule has 0 bridgehead atoms. The van der Waals surface area contributed by atoms with E-state index in [2.05, 4.69) is 15.6 Å². The number of benzene rings is 2. The van der Waals surface area contributed by atoms with Gasteiger partial charge in [-0.15, -0.1) is 0 Å². The summed E-state index contributed by atoms with van der Waals surface area (Å²) < 4.78 is 56.6. The van der Waals surface area contributed by atoms with Gasteiger partial charge in [-0.3, -0.25) is 4.98 Å². The molecule has 4 nitrogen and oxygen atoms in total. The van der Waals surface area contributed by atoms with E-state index < -0.39 is 29.1 Å². The molecular formula is C26H24ClF4N3O. The average Bonchev–Trinajstić information content (AvgIpc) is 3.32. The first-order valence-electron chi connectivity index (χ1n) is 11.3. The van der Waals surface area contributed by atoms with E-state index in [1.807, 2.05) is 0 Å². The van der Waals surface area contributed by atoms with E-state index >= 15 is 4.39 Å². The van der Waals surface area contributed by atoms with E-state index in [9.17, 15) is 18.0 Å². The highest BCUT2D eigenvalue weighted by Crippen LogP contribution is 2.39. The first-order valence-corrected chi connectivity index (χ1v) is 11.7. The van der Waals surface area contributed by atoms with Crippen molar-refractivity contribution in [2.75, 3.05) is 0 Å². The third-order valence-electron chi connectivity index (χ3n) is 6.26. The summed E-state index contributed by atoms with van der Waals surface area (Å²) in [5.74, 6) is -1.46. The predicted molar refractivity (Wildman–Crippen MR) is 125 cm³/mol. The molecule has 4 rings (SSSR count). The van der Waals surface area contributed by atoms with E-state index in [1.54, 1.807) is 30.3 Å². The number of carbonyl (C=O) groups excluding carboxylic acids is 1. The van der Waals surface area contributed by atoms with Crippen LogP contribution in [-0.4, -0.2) is 17.1 Å². The Morgan fingerprint density at radius 1 is 0.971 bits per heavy atom. The largest absolute Gasteiger partial charge is 0.419 e. The minimum Gasteiger partial charge on any atom is -0.335 e. The topological polar surface area (TPSA) is 54.0 Å². The van der Waals surface area contributed by atoms with Crippen LogP contribution in [0.4, 0.5) is 22.4 Å². The number of amides is 2. The van der Waals surface area contributed by atoms with Crippen molar-refractivity contribution < 1.29 is 22.4 Å². The number of alkyl halides is 3. The van der Waals surface area contributed by atoms with Crippen molar-refractivity contribution in [3.8, 4) is 0 Å². The van der Waals surface area contributed by atoms with Crippen molar-refractivity contribution in [1.29, 1.82) is 0 Å². The maximum Gasteiger partial charge on any atom is 0.419 e. The number of hydrogen-bond acceptors (Lipinski definition) is 2. The molecule has 35 heavy (non-hydrogen) atoms. The molecule has 2 amide bonds. The lowest BCUT2D eigenvalue weighted by Crippen LogP contribution is -2.54. The molecule has 0 saturated heterocycles. The van der Waals surface area contributed by atoms with Gasteiger partial charge < -0.3 is 10.6 Å². The SMILES string of the molecule is O=C(NC1CCCC1)NC(Cc1ccccc1)(c1ccc(Cl)cn1)c1cccc(C(F)(F)F)c1F. The molecule has 2 N–H and O–H groups in total. The van der Waals surface area contributed by atoms with Crippen LogP contribution in [-0.2, 0) is 18.1 Å². The smallest absolute Gasteiger partial charge is 0.335 e. The fourth-order valence-corrected chi connectivity index (χ4v) is 4.71. The van der Waals surface area contributed by atoms with E-state index in [1.165, 1.54) is 24.4 Å². The summed E-state index contributed by atoms with van der Waals surface area (Å²) in [6, 6.07) is 14.2. The molecule has 1 aromatic heterocycles. The molecule has 0 spiro atoms. The number of nitrogens with zero attached hydrogens (tertiary/aromatic N) is 1. The molecule has 1 aliphatic rings. The van der Waals surface area contributed by atoms with Gasteiger partial charge in [0.1, 0.15) is 11.4 Å². The Hall–Kier alpha value is -3.13. The fourth-order valence-electron chi connectivity index (χ4n) is 4.60. The summed E-state index contributed by atoms with van der Waals surface area (Å²) in [7, 11) is 0. The number of urea groups is 1. The van der Waals surface area contributed by atoms with E-state index in [0.29, 0.717) is 16.7 Å². The number of aromatic nitrogens is 1. The first kappa shape index (κ1) is 25.0. The van der Waals surface area contributed by atoms with Gasteiger partial charge in [0, 0.05) is 24.2 Å². The van der Waals surface area contributed by atoms with Gasteiger partial charge >= 0.3 is 12.2 Å². The molecule has 1 atom stereocenters. The summed E-state index contributed by atoms with van der Waals surface area (Å²) in [6.07, 6.45) is -0.0930. The summed E-state index contributed by atoms with van der Waals surface area (Å²) in [5.41, 5.74) is -2.68. The maximum absolute atomic E-state index is 15.6. The monoisotopic (exact) mass is 505 g/mol. The molecule has 3 aromatic rings. The second-order valence-corrected chi connectivity index (χ2v) is 9.11. The normalized spacial score (nSPS) is 16.0. The van der Waals surface area contributed by atoms with Crippen LogP contribution in [0.15, 0.2) is 66.9 Å². The van der Waals surface area contributed by atoms with Crippen LogP contribution in [0.25, 0.3) is 0 Å². The summed E-state index contributed by atoms with van der Waals surface area (Å²) in [5, 5.41) is 5.99. The van der Waals surface area contributed by atoms with Crippen LogP contribution in [0, 0.1) is 5.82 Å². The van der Waals surface area contributed by atoms with Gasteiger partial charge in [0.05, 0.1) is 16.3 Å². The minimum absolute atomic E-state index is 0.0429. The Labute approximate surface area is 205 Å². The van der Waals surface area contributed by atoms with Gasteiger partial charge in [0.15, 0.2) is 0 Å². The molecule has 2 aromatic carbocycles. The number of hydrogen-bond donors (Lipinski definition) is 2. The fraction of sp³-hybridized carbons (Fsp3) is 0.308. The Balaban J connectivity index is 1.90. The molecule has 1 fully saturated rings. The van der Waals surface area contributed by atoms with Crippen LogP contribution in [0.5, 0.6) is 0 Å². The second-order valence-electron chi connectivity index (χ2n) is 8.67. The lowest BCUT2D eigenvalue weighted by molar-refractivity contribution is -0.140. The number of nitrogens with one attached hydrogen (secondary N) is 2. The number of halogens is 5. The Bertz CT molecular complexity index is 1170. The predicted octanol–water partition coefficient (Wildman–Crippen LogP) is 6.62. The highest BCUT2D eigenvalue weighted by atomic mass is 35.5. The van der Waals surface area contributed by atoms with Gasteiger partial charge in [-0.1, -0.05) is 66.9 Å². The highest BCUT2D eigenvalue weighted by Gasteiger charge is 2.44. The van der Waals surface area contributed by atoms with Gasteiger partial charge in [-0.2, -0.15) is 13.2 Å². The van der Waals surface area contributed by atoms with E-state index in [0.717, 1.165) is 31.7 Å². The third-order valence-corrected chi connectivity index (χ3v) is 6.48. The average molecular weight is 506 g/mol. The molecule has 184 valence electrons. The van der Waals surface area contributed by atoms with Gasteiger partial charge in [0.25, 0.3) is 0 Å². The zero-order chi connectivity index (χ0) is 25.1. The highest BCUT2D eigenvalue weighted by molar-refractivity contribution is 6.30. The summed E-state index contributed by atoms with van der Waals surface area (Å²) >= 11 is 6.02. The van der Waals surface area contributed by atoms with Gasteiger partial charge in [-0.05, 0) is 36.6 Å². The number of pyridine rings is 1. The summed E-state index contributed by atoms with van der Waals surface area (Å²) in [4.78, 5) is 17.5. The van der Waals surface area contributed by atoms with Crippen molar-refractivity contribution in [3.63, 3.8) is 0 Å². The van der Waals surface area contributed by atoms with Crippen LogP contribution >= 0.6 is 11.6 Å². The quantitative estimate of drug-likeness (QED) is 0.370. The van der Waals surface area contributed by atoms with Crippen LogP contribution in [0.3, 0.4) is 0 Å². The van der Waals surface area contributed by atoms with Gasteiger partial charge in [0.2, 0.25) is 0 Å². The zero-order valence-corrected chi connectivity index (χ0v) is 19.5. The molecule has 1 heterocycles. The third kappa shape index (κ3) is 5.59. The minimum atomic E-state index is -4.92. The molecule has 0 aliphatic heterocycles. The number of carbonyl (C=O) groups is 1. The van der Waals surface area contributed by atoms with Crippen molar-refractivity contribution >= 4 is 17.6 Å². The van der Waals surface area contributed by atoms with Crippen molar-refractivity contribution in [3.05, 3.63) is 100 Å². The second kappa shape index (κ2) is 10.2. The van der Waals surface area contributed by atoms with E-state index in [-0.39, 0.29) is 23.7 Å². The molecule has 9 heteroatoms. The molecule has 1 unspecified atom stereocenters. The van der Waals surface area contributed by atoms with Gasteiger partial charge in [-0.25, -0.2) is 9.18 Å². The Kier molecular flexibility index (Phi) is 7.31. The standard InChI is InChI=1S/C26H24ClF4N3O/c27-18-13-14-22(32-16-18)25(15-17-7-2-1-3-8-17,34-24(35)33-19-9-4-5-10-19)20-11-6-12-21(23(20)28)26(29,30)31/h1-3,6-8,11-14,16,19H,4-5,9-10,15H2,(H2,33,34,35). The molecular weight excluding hydrogens is 482 g/mol. The first-order chi connectivity index (χ1) is 16.7. The van der Waals surface area contributed by atoms with Crippen molar-refractivity contribution in [2.45, 2.75) is 49.9 Å². The lowest BCUT2D eigenvalue weighted by atomic mass is 9.79. The summed E-state index contributed by atoms with van der Waals surface area (Å²) in [6.45, 7) is 0. The van der Waals surface area contributed by atoms with E-state index in [4.69, 9.17) is 11.6 Å². The zero-order valence-electron chi connectivity index (χ0n) is 18.7. The lowest BCUT2D eigenvalue weighted by Gasteiger charge is -2.36. The van der Waals surface area contributed by atoms with Crippen LogP contribution in [0.1, 0.15) is 48.1 Å². The molecule has 1 aliphatic carbocycles. The van der Waals surface area contributed by atoms with Crippen molar-refractivity contribution in [2.24, 2.45) is 0 Å². The van der Waals surface area contributed by atoms with Crippen LogP contribution in [0.2, 0.25) is 5.02 Å². The number of rotatable bonds is 6. The Morgan fingerprint density at radius 3 is 2.29 bits per heavy atom. The molecule has 0 radical (unpaired) electrons. The Morgan fingerprint density at radius 2 is 1.66 bits per heavy atom. The van der Waals surface area contributed by atoms with Crippen LogP contribution < -0.4 is 10.6 Å². The van der Waals surface area contributed by atoms with Crippen molar-refractivity contribution in [1.82, 2.24) is 15.6 Å². The molecule has 1 saturated carbocycles.